The van der Waals surface area contributed by atoms with Crippen LogP contribution in [0.15, 0.2) is 42.5 Å². The molecule has 1 heterocycles. The third-order valence-electron chi connectivity index (χ3n) is 3.83. The van der Waals surface area contributed by atoms with E-state index in [0.717, 1.165) is 5.56 Å². The van der Waals surface area contributed by atoms with Gasteiger partial charge in [0, 0.05) is 5.02 Å². The molecule has 3 rings (SSSR count). The maximum atomic E-state index is 12.8. The largest absolute Gasteiger partial charge is 0.481 e. The number of nitrogens with one attached hydrogen (secondary N) is 1. The number of carbonyl (C=O) groups is 2. The molecule has 1 atom stereocenters. The highest BCUT2D eigenvalue weighted by Crippen LogP contribution is 2.30. The molecule has 124 valence electrons. The fraction of sp³-hybridized carbons (Fsp3) is 0.222. The smallest absolute Gasteiger partial charge is 0.268 e. The number of amides is 2. The number of fused-ring (bicyclic) bond motifs is 1. The zero-order valence-corrected chi connectivity index (χ0v) is 14.1. The van der Waals surface area contributed by atoms with Gasteiger partial charge in [-0.1, -0.05) is 23.7 Å². The number of nitrogens with zero attached hydrogens (tertiary/aromatic N) is 1. The monoisotopic (exact) mass is 344 g/mol. The van der Waals surface area contributed by atoms with Crippen molar-refractivity contribution < 1.29 is 14.3 Å². The summed E-state index contributed by atoms with van der Waals surface area (Å²) in [5.74, 6) is 0.0959. The fourth-order valence-corrected chi connectivity index (χ4v) is 2.86. The number of hydrogen-bond donors (Lipinski definition) is 1. The predicted octanol–water partition coefficient (Wildman–Crippen LogP) is 3.40. The van der Waals surface area contributed by atoms with Gasteiger partial charge >= 0.3 is 0 Å². The van der Waals surface area contributed by atoms with Gasteiger partial charge < -0.3 is 10.1 Å². The zero-order valence-electron chi connectivity index (χ0n) is 13.4. The molecule has 1 aliphatic rings. The summed E-state index contributed by atoms with van der Waals surface area (Å²) in [7, 11) is 0. The van der Waals surface area contributed by atoms with Crippen molar-refractivity contribution in [2.24, 2.45) is 0 Å². The molecule has 24 heavy (non-hydrogen) atoms. The molecule has 2 aromatic carbocycles. The first-order valence-electron chi connectivity index (χ1n) is 7.59. The molecule has 0 unspecified atom stereocenters. The highest BCUT2D eigenvalue weighted by atomic mass is 35.5. The van der Waals surface area contributed by atoms with Crippen molar-refractivity contribution in [3.8, 4) is 5.75 Å². The van der Waals surface area contributed by atoms with Crippen LogP contribution in [0.25, 0.3) is 0 Å². The van der Waals surface area contributed by atoms with Crippen molar-refractivity contribution in [2.45, 2.75) is 20.0 Å². The lowest BCUT2D eigenvalue weighted by molar-refractivity contribution is -0.126. The second-order valence-electron chi connectivity index (χ2n) is 5.66. The van der Waals surface area contributed by atoms with E-state index in [9.17, 15) is 9.59 Å². The van der Waals surface area contributed by atoms with Gasteiger partial charge in [0.25, 0.3) is 5.91 Å². The Morgan fingerprint density at radius 1 is 1.29 bits per heavy atom. The first-order chi connectivity index (χ1) is 11.5. The molecule has 2 aromatic rings. The van der Waals surface area contributed by atoms with E-state index in [2.05, 4.69) is 5.32 Å². The Bertz CT molecular complexity index is 807. The summed E-state index contributed by atoms with van der Waals surface area (Å²) in [6, 6.07) is 12.4. The minimum atomic E-state index is -0.733. The van der Waals surface area contributed by atoms with Gasteiger partial charge in [0.1, 0.15) is 12.3 Å². The summed E-state index contributed by atoms with van der Waals surface area (Å²) in [6.45, 7) is 3.51. The van der Waals surface area contributed by atoms with Crippen LogP contribution in [-0.2, 0) is 9.59 Å². The van der Waals surface area contributed by atoms with Crippen LogP contribution in [-0.4, -0.2) is 24.5 Å². The number of carbonyl (C=O) groups excluding carboxylic acids is 2. The van der Waals surface area contributed by atoms with Gasteiger partial charge in [0.05, 0.1) is 11.4 Å². The van der Waals surface area contributed by atoms with E-state index in [1.54, 1.807) is 37.3 Å². The Labute approximate surface area is 145 Å². The summed E-state index contributed by atoms with van der Waals surface area (Å²) < 4.78 is 5.78. The highest BCUT2D eigenvalue weighted by Gasteiger charge is 2.30. The molecular formula is C18H17ClN2O3. The van der Waals surface area contributed by atoms with Crippen molar-refractivity contribution >= 4 is 34.8 Å². The van der Waals surface area contributed by atoms with Crippen LogP contribution in [0.5, 0.6) is 5.75 Å². The predicted molar refractivity (Wildman–Crippen MR) is 93.7 cm³/mol. The molecule has 0 spiro atoms. The van der Waals surface area contributed by atoms with Crippen LogP contribution in [0, 0.1) is 6.92 Å². The molecule has 0 aliphatic carbocycles. The van der Waals surface area contributed by atoms with Crippen LogP contribution in [0.2, 0.25) is 5.02 Å². The molecule has 1 N–H and O–H groups in total. The molecule has 0 saturated heterocycles. The Morgan fingerprint density at radius 3 is 2.79 bits per heavy atom. The van der Waals surface area contributed by atoms with E-state index < -0.39 is 6.10 Å². The standard InChI is InChI=1S/C18H17ClN2O3/c1-11-9-13(19)7-8-16(11)24-12(2)18(23)21-10-17(22)20-14-5-3-4-6-15(14)21/h3-9,12H,10H2,1-2H3,(H,20,22)/t12-/m1/s1. The number of ether oxygens (including phenoxy) is 1. The number of aryl methyl sites for hydroxylation is 1. The van der Waals surface area contributed by atoms with E-state index in [1.807, 2.05) is 19.1 Å². The molecule has 0 fully saturated rings. The zero-order chi connectivity index (χ0) is 17.3. The Hall–Kier alpha value is -2.53. The van der Waals surface area contributed by atoms with Crippen molar-refractivity contribution in [3.05, 3.63) is 53.1 Å². The van der Waals surface area contributed by atoms with E-state index in [-0.39, 0.29) is 18.4 Å². The number of rotatable bonds is 3. The molecule has 0 aromatic heterocycles. The van der Waals surface area contributed by atoms with Crippen molar-refractivity contribution in [3.63, 3.8) is 0 Å². The Kier molecular flexibility index (Phi) is 4.44. The van der Waals surface area contributed by atoms with Gasteiger partial charge in [-0.3, -0.25) is 14.5 Å². The second kappa shape index (κ2) is 6.53. The number of hydrogen-bond acceptors (Lipinski definition) is 3. The van der Waals surface area contributed by atoms with Crippen LogP contribution in [0.1, 0.15) is 12.5 Å². The van der Waals surface area contributed by atoms with E-state index in [0.29, 0.717) is 22.1 Å². The van der Waals surface area contributed by atoms with Crippen molar-refractivity contribution in [1.29, 1.82) is 0 Å². The maximum Gasteiger partial charge on any atom is 0.268 e. The van der Waals surface area contributed by atoms with Gasteiger partial charge in [-0.15, -0.1) is 0 Å². The minimum absolute atomic E-state index is 0.0247. The number of halogens is 1. The average molecular weight is 345 g/mol. The van der Waals surface area contributed by atoms with Crippen LogP contribution >= 0.6 is 11.6 Å². The topological polar surface area (TPSA) is 58.6 Å². The van der Waals surface area contributed by atoms with E-state index in [1.165, 1.54) is 4.90 Å². The van der Waals surface area contributed by atoms with Crippen LogP contribution in [0.4, 0.5) is 11.4 Å². The van der Waals surface area contributed by atoms with Gasteiger partial charge in [-0.2, -0.15) is 0 Å². The summed E-state index contributed by atoms with van der Waals surface area (Å²) in [5.41, 5.74) is 2.14. The molecule has 1 aliphatic heterocycles. The summed E-state index contributed by atoms with van der Waals surface area (Å²) in [5, 5.41) is 3.37. The third kappa shape index (κ3) is 3.21. The molecule has 2 amide bonds. The number of para-hydroxylation sites is 2. The van der Waals surface area contributed by atoms with Gasteiger partial charge in [0.15, 0.2) is 6.10 Å². The number of benzene rings is 2. The molecule has 0 saturated carbocycles. The SMILES string of the molecule is Cc1cc(Cl)ccc1O[C@H](C)C(=O)N1CC(=O)Nc2ccccc21. The Morgan fingerprint density at radius 2 is 2.04 bits per heavy atom. The van der Waals surface area contributed by atoms with Gasteiger partial charge in [-0.25, -0.2) is 0 Å². The van der Waals surface area contributed by atoms with Crippen LogP contribution < -0.4 is 15.0 Å². The highest BCUT2D eigenvalue weighted by molar-refractivity contribution is 6.30. The van der Waals surface area contributed by atoms with Gasteiger partial charge in [-0.05, 0) is 49.7 Å². The number of anilines is 2. The lowest BCUT2D eigenvalue weighted by atomic mass is 10.1. The normalized spacial score (nSPS) is 14.6. The lowest BCUT2D eigenvalue weighted by Gasteiger charge is -2.31. The second-order valence-corrected chi connectivity index (χ2v) is 6.10. The molecule has 6 heteroatoms. The van der Waals surface area contributed by atoms with Crippen molar-refractivity contribution in [2.75, 3.05) is 16.8 Å². The Balaban J connectivity index is 1.82. The molecule has 0 radical (unpaired) electrons. The summed E-state index contributed by atoms with van der Waals surface area (Å²) >= 11 is 5.93. The van der Waals surface area contributed by atoms with Crippen LogP contribution in [0.3, 0.4) is 0 Å². The maximum absolute atomic E-state index is 12.8. The van der Waals surface area contributed by atoms with Crippen molar-refractivity contribution in [1.82, 2.24) is 0 Å². The third-order valence-corrected chi connectivity index (χ3v) is 4.06. The average Bonchev–Trinajstić information content (AvgIpc) is 2.55. The molecule has 0 bridgehead atoms. The van der Waals surface area contributed by atoms with Gasteiger partial charge in [0.2, 0.25) is 5.91 Å². The lowest BCUT2D eigenvalue weighted by Crippen LogP contribution is -2.47. The van der Waals surface area contributed by atoms with E-state index in [4.69, 9.17) is 16.3 Å². The summed E-state index contributed by atoms with van der Waals surface area (Å²) in [6.07, 6.45) is -0.733. The fourth-order valence-electron chi connectivity index (χ4n) is 2.64. The molecule has 5 nitrogen and oxygen atoms in total. The first kappa shape index (κ1) is 16.3. The summed E-state index contributed by atoms with van der Waals surface area (Å²) in [4.78, 5) is 26.1. The first-order valence-corrected chi connectivity index (χ1v) is 7.96. The minimum Gasteiger partial charge on any atom is -0.481 e. The molecular weight excluding hydrogens is 328 g/mol. The van der Waals surface area contributed by atoms with E-state index >= 15 is 0 Å². The quantitative estimate of drug-likeness (QED) is 0.928.